The molecule has 5 nitrogen and oxygen atoms in total. The van der Waals surface area contributed by atoms with Gasteiger partial charge in [-0.15, -0.1) is 0 Å². The highest BCUT2D eigenvalue weighted by Gasteiger charge is 2.52. The number of amides is 1. The molecule has 9 heteroatoms. The summed E-state index contributed by atoms with van der Waals surface area (Å²) in [6, 6.07) is 12.2. The lowest BCUT2D eigenvalue weighted by Crippen LogP contribution is -2.41. The zero-order valence-corrected chi connectivity index (χ0v) is 20.7. The second-order valence-corrected chi connectivity index (χ2v) is 9.80. The molecular formula is C23H25BBrClFNO4. The fourth-order valence-electron chi connectivity index (χ4n) is 3.02. The molecule has 1 aliphatic heterocycles. The van der Waals surface area contributed by atoms with Gasteiger partial charge >= 0.3 is 13.2 Å². The summed E-state index contributed by atoms with van der Waals surface area (Å²) in [5.41, 5.74) is 0.484. The Bertz CT molecular complexity index is 977. The first-order valence-corrected chi connectivity index (χ1v) is 11.3. The van der Waals surface area contributed by atoms with E-state index in [0.717, 1.165) is 5.56 Å². The highest BCUT2D eigenvalue weighted by Crippen LogP contribution is 2.39. The number of hydrogen-bond acceptors (Lipinski definition) is 4. The molecular weight excluding hydrogens is 499 g/mol. The van der Waals surface area contributed by atoms with Gasteiger partial charge in [0.25, 0.3) is 0 Å². The number of nitrogens with one attached hydrogen (secondary N) is 1. The number of hydrogen-bond donors (Lipinski definition) is 1. The average Bonchev–Trinajstić information content (AvgIpc) is 2.93. The van der Waals surface area contributed by atoms with Crippen LogP contribution >= 0.6 is 27.5 Å². The van der Waals surface area contributed by atoms with E-state index in [0.29, 0.717) is 9.95 Å². The van der Waals surface area contributed by atoms with E-state index in [9.17, 15) is 9.18 Å². The van der Waals surface area contributed by atoms with Gasteiger partial charge in [-0.25, -0.2) is 9.18 Å². The zero-order chi connectivity index (χ0) is 23.5. The summed E-state index contributed by atoms with van der Waals surface area (Å²) in [7, 11) is -0.781. The summed E-state index contributed by atoms with van der Waals surface area (Å²) >= 11 is 9.28. The van der Waals surface area contributed by atoms with Crippen molar-refractivity contribution in [2.24, 2.45) is 0 Å². The van der Waals surface area contributed by atoms with E-state index in [1.165, 1.54) is 6.07 Å². The maximum atomic E-state index is 14.6. The van der Waals surface area contributed by atoms with Crippen LogP contribution in [0.5, 0.6) is 0 Å². The topological polar surface area (TPSA) is 56.8 Å². The second kappa shape index (κ2) is 9.95. The average molecular weight is 525 g/mol. The van der Waals surface area contributed by atoms with Crippen LogP contribution in [0, 0.1) is 5.82 Å². The van der Waals surface area contributed by atoms with Crippen molar-refractivity contribution in [3.8, 4) is 0 Å². The molecule has 0 aliphatic carbocycles. The molecule has 2 aromatic carbocycles. The van der Waals surface area contributed by atoms with Gasteiger partial charge in [0.1, 0.15) is 12.4 Å². The summed E-state index contributed by atoms with van der Waals surface area (Å²) in [4.78, 5) is 12.3. The van der Waals surface area contributed by atoms with Crippen molar-refractivity contribution < 1.29 is 23.2 Å². The summed E-state index contributed by atoms with van der Waals surface area (Å²) < 4.78 is 32.6. The number of carbonyl (C=O) groups is 1. The number of rotatable bonds is 6. The van der Waals surface area contributed by atoms with Gasteiger partial charge in [0.2, 0.25) is 0 Å². The van der Waals surface area contributed by atoms with E-state index >= 15 is 0 Å². The molecule has 0 aromatic heterocycles. The first kappa shape index (κ1) is 24.8. The van der Waals surface area contributed by atoms with E-state index in [1.54, 1.807) is 12.1 Å². The first-order chi connectivity index (χ1) is 15.0. The van der Waals surface area contributed by atoms with Gasteiger partial charge in [-0.3, -0.25) is 0 Å². The number of ether oxygens (including phenoxy) is 1. The third-order valence-corrected chi connectivity index (χ3v) is 6.45. The molecule has 1 N–H and O–H groups in total. The lowest BCUT2D eigenvalue weighted by Gasteiger charge is -2.32. The fourth-order valence-corrected chi connectivity index (χ4v) is 3.91. The predicted octanol–water partition coefficient (Wildman–Crippen LogP) is 6.18. The van der Waals surface area contributed by atoms with Gasteiger partial charge in [0, 0.05) is 21.6 Å². The number of carbonyl (C=O) groups excluding carboxylic acids is 1. The van der Waals surface area contributed by atoms with E-state index < -0.39 is 30.2 Å². The Morgan fingerprint density at radius 3 is 2.41 bits per heavy atom. The van der Waals surface area contributed by atoms with Crippen molar-refractivity contribution in [3.63, 3.8) is 0 Å². The smallest absolute Gasteiger partial charge is 0.445 e. The fraction of sp³-hybridized carbons (Fsp3) is 0.348. The summed E-state index contributed by atoms with van der Waals surface area (Å²) in [6.45, 7) is 7.87. The van der Waals surface area contributed by atoms with Crippen LogP contribution in [0.15, 0.2) is 52.4 Å². The molecule has 0 bridgehead atoms. The third kappa shape index (κ3) is 5.92. The molecule has 0 atom stereocenters. The van der Waals surface area contributed by atoms with Gasteiger partial charge in [0.15, 0.2) is 0 Å². The molecule has 3 rings (SSSR count). The Morgan fingerprint density at radius 2 is 1.81 bits per heavy atom. The van der Waals surface area contributed by atoms with Crippen molar-refractivity contribution in [1.29, 1.82) is 0 Å². The SMILES string of the molecule is CC1(C)OB(C(=Cc2c(F)cc(Cl)cc2Br)CNC(=O)OCc2ccccc2)OC1(C)C. The molecule has 32 heavy (non-hydrogen) atoms. The van der Waals surface area contributed by atoms with Crippen LogP contribution in [0.1, 0.15) is 38.8 Å². The minimum absolute atomic E-state index is 0.0406. The maximum Gasteiger partial charge on any atom is 0.492 e. The number of alkyl carbamates (subject to hydrolysis) is 1. The Kier molecular flexibility index (Phi) is 7.71. The van der Waals surface area contributed by atoms with E-state index in [1.807, 2.05) is 58.0 Å². The molecule has 0 saturated carbocycles. The molecule has 1 amide bonds. The molecule has 1 heterocycles. The van der Waals surface area contributed by atoms with Crippen LogP contribution in [-0.2, 0) is 20.7 Å². The van der Waals surface area contributed by atoms with Crippen LogP contribution in [0.2, 0.25) is 5.02 Å². The third-order valence-electron chi connectivity index (χ3n) is 5.58. The molecule has 2 aromatic rings. The van der Waals surface area contributed by atoms with Gasteiger partial charge in [-0.2, -0.15) is 0 Å². The van der Waals surface area contributed by atoms with E-state index in [-0.39, 0.29) is 23.7 Å². The second-order valence-electron chi connectivity index (χ2n) is 8.51. The minimum atomic E-state index is -0.781. The lowest BCUT2D eigenvalue weighted by molar-refractivity contribution is 0.00578. The summed E-state index contributed by atoms with van der Waals surface area (Å²) in [5, 5.41) is 2.97. The molecule has 0 spiro atoms. The molecule has 0 radical (unpaired) electrons. The van der Waals surface area contributed by atoms with Crippen molar-refractivity contribution in [3.05, 3.63) is 74.4 Å². The Labute approximate surface area is 201 Å². The predicted molar refractivity (Wildman–Crippen MR) is 128 cm³/mol. The normalized spacial score (nSPS) is 17.3. The van der Waals surface area contributed by atoms with Crippen molar-refractivity contribution in [2.75, 3.05) is 6.54 Å². The minimum Gasteiger partial charge on any atom is -0.445 e. The van der Waals surface area contributed by atoms with Gasteiger partial charge in [-0.1, -0.05) is 63.9 Å². The number of benzene rings is 2. The zero-order valence-electron chi connectivity index (χ0n) is 18.4. The summed E-state index contributed by atoms with van der Waals surface area (Å²) in [5.74, 6) is -0.509. The Balaban J connectivity index is 1.79. The van der Waals surface area contributed by atoms with E-state index in [4.69, 9.17) is 25.6 Å². The first-order valence-electron chi connectivity index (χ1n) is 10.1. The van der Waals surface area contributed by atoms with Crippen LogP contribution in [0.25, 0.3) is 6.08 Å². The Hall–Kier alpha value is -1.87. The largest absolute Gasteiger partial charge is 0.492 e. The molecule has 0 unspecified atom stereocenters. The lowest BCUT2D eigenvalue weighted by atomic mass is 9.77. The van der Waals surface area contributed by atoms with Gasteiger partial charge in [0.05, 0.1) is 11.2 Å². The Morgan fingerprint density at radius 1 is 1.19 bits per heavy atom. The van der Waals surface area contributed by atoms with Crippen molar-refractivity contribution in [1.82, 2.24) is 5.32 Å². The van der Waals surface area contributed by atoms with Crippen LogP contribution in [-0.4, -0.2) is 31.0 Å². The van der Waals surface area contributed by atoms with Crippen LogP contribution in [0.3, 0.4) is 0 Å². The molecule has 1 fully saturated rings. The monoisotopic (exact) mass is 523 g/mol. The molecule has 1 saturated heterocycles. The number of halogens is 3. The van der Waals surface area contributed by atoms with Crippen LogP contribution < -0.4 is 5.32 Å². The van der Waals surface area contributed by atoms with Crippen LogP contribution in [0.4, 0.5) is 9.18 Å². The summed E-state index contributed by atoms with van der Waals surface area (Å²) in [6.07, 6.45) is 0.988. The highest BCUT2D eigenvalue weighted by atomic mass is 79.9. The van der Waals surface area contributed by atoms with Gasteiger partial charge in [-0.05, 0) is 50.9 Å². The van der Waals surface area contributed by atoms with Crippen molar-refractivity contribution >= 4 is 46.8 Å². The molecule has 170 valence electrons. The highest BCUT2D eigenvalue weighted by molar-refractivity contribution is 9.10. The quantitative estimate of drug-likeness (QED) is 0.459. The standard InChI is InChI=1S/C23H25BBrClFNO4/c1-22(2)23(3,4)32-24(31-22)16(10-18-19(25)11-17(26)12-20(18)27)13-28-21(29)30-14-15-8-6-5-7-9-15/h5-12H,13-14H2,1-4H3,(H,28,29). The molecule has 1 aliphatic rings. The van der Waals surface area contributed by atoms with E-state index in [2.05, 4.69) is 21.2 Å². The van der Waals surface area contributed by atoms with Gasteiger partial charge < -0.3 is 19.4 Å². The van der Waals surface area contributed by atoms with Crippen molar-refractivity contribution in [2.45, 2.75) is 45.5 Å². The maximum absolute atomic E-state index is 14.6.